The van der Waals surface area contributed by atoms with Crippen molar-refractivity contribution in [3.8, 4) is 11.1 Å². The Labute approximate surface area is 153 Å². The van der Waals surface area contributed by atoms with Gasteiger partial charge < -0.3 is 5.32 Å². The van der Waals surface area contributed by atoms with E-state index in [9.17, 15) is 13.2 Å². The molecule has 0 fully saturated rings. The summed E-state index contributed by atoms with van der Waals surface area (Å²) in [5, 5.41) is 7.09. The zero-order valence-corrected chi connectivity index (χ0v) is 15.4. The molecule has 2 heterocycles. The second kappa shape index (κ2) is 6.42. The molecular formula is C17H17ClF3N5. The zero-order valence-electron chi connectivity index (χ0n) is 14.6. The minimum Gasteiger partial charge on any atom is -0.366 e. The molecule has 0 radical (unpaired) electrons. The number of nitrogens with one attached hydrogen (secondary N) is 1. The van der Waals surface area contributed by atoms with Crippen LogP contribution in [-0.2, 0) is 0 Å². The van der Waals surface area contributed by atoms with Gasteiger partial charge in [-0.15, -0.1) is 0 Å². The van der Waals surface area contributed by atoms with Crippen LogP contribution in [0.25, 0.3) is 16.9 Å². The average molecular weight is 384 g/mol. The number of anilines is 1. The molecular weight excluding hydrogens is 367 g/mol. The summed E-state index contributed by atoms with van der Waals surface area (Å²) in [5.74, 6) is -2.80. The first-order chi connectivity index (χ1) is 12.1. The SMILES string of the molecule is C[C@H](Nc1c(-c2c(F)cc(F)cc2F)c(Cl)nc2ncnn12)C(C)(C)C. The molecule has 5 nitrogen and oxygen atoms in total. The molecule has 0 bridgehead atoms. The van der Waals surface area contributed by atoms with E-state index in [1.54, 1.807) is 0 Å². The Bertz CT molecular complexity index is 957. The van der Waals surface area contributed by atoms with E-state index in [4.69, 9.17) is 11.6 Å². The van der Waals surface area contributed by atoms with Gasteiger partial charge in [-0.3, -0.25) is 0 Å². The number of fused-ring (bicyclic) bond motifs is 1. The molecule has 1 atom stereocenters. The van der Waals surface area contributed by atoms with Crippen molar-refractivity contribution in [1.29, 1.82) is 0 Å². The highest BCUT2D eigenvalue weighted by molar-refractivity contribution is 6.33. The normalized spacial score (nSPS) is 13.2. The molecule has 138 valence electrons. The minimum atomic E-state index is -1.09. The molecule has 0 saturated carbocycles. The monoisotopic (exact) mass is 383 g/mol. The van der Waals surface area contributed by atoms with Crippen molar-refractivity contribution >= 4 is 23.2 Å². The summed E-state index contributed by atoms with van der Waals surface area (Å²) in [6.45, 7) is 7.93. The quantitative estimate of drug-likeness (QED) is 0.665. The highest BCUT2D eigenvalue weighted by atomic mass is 35.5. The molecule has 0 spiro atoms. The van der Waals surface area contributed by atoms with Crippen molar-refractivity contribution in [2.75, 3.05) is 5.32 Å². The summed E-state index contributed by atoms with van der Waals surface area (Å²) < 4.78 is 43.5. The van der Waals surface area contributed by atoms with Gasteiger partial charge in [0.15, 0.2) is 0 Å². The molecule has 9 heteroatoms. The molecule has 0 saturated heterocycles. The first kappa shape index (κ1) is 18.4. The van der Waals surface area contributed by atoms with Gasteiger partial charge in [0, 0.05) is 18.2 Å². The van der Waals surface area contributed by atoms with Gasteiger partial charge in [-0.1, -0.05) is 32.4 Å². The summed E-state index contributed by atoms with van der Waals surface area (Å²) in [6.07, 6.45) is 1.26. The number of benzene rings is 1. The standard InChI is InChI=1S/C17H17ClF3N5/c1-8(17(2,3)4)24-15-13(12-10(20)5-9(19)6-11(12)21)14(18)25-16-22-7-23-26(15)16/h5-8,24H,1-4H3/t8-/m0/s1. The minimum absolute atomic E-state index is 0.0456. The number of hydrogen-bond acceptors (Lipinski definition) is 4. The van der Waals surface area contributed by atoms with Gasteiger partial charge in [0.25, 0.3) is 5.78 Å². The first-order valence-corrected chi connectivity index (χ1v) is 8.28. The van der Waals surface area contributed by atoms with Crippen LogP contribution in [0.3, 0.4) is 0 Å². The molecule has 1 N–H and O–H groups in total. The molecule has 3 rings (SSSR count). The van der Waals surface area contributed by atoms with Crippen LogP contribution in [0.1, 0.15) is 27.7 Å². The van der Waals surface area contributed by atoms with Crippen LogP contribution >= 0.6 is 11.6 Å². The Morgan fingerprint density at radius 3 is 2.31 bits per heavy atom. The van der Waals surface area contributed by atoms with Crippen LogP contribution in [0.15, 0.2) is 18.5 Å². The predicted octanol–water partition coefficient (Wildman–Crippen LogP) is 4.71. The van der Waals surface area contributed by atoms with Crippen molar-refractivity contribution in [3.63, 3.8) is 0 Å². The third-order valence-electron chi connectivity index (χ3n) is 4.29. The molecule has 26 heavy (non-hydrogen) atoms. The highest BCUT2D eigenvalue weighted by Crippen LogP contribution is 2.38. The van der Waals surface area contributed by atoms with Gasteiger partial charge in [0.1, 0.15) is 34.7 Å². The van der Waals surface area contributed by atoms with E-state index in [-0.39, 0.29) is 33.8 Å². The van der Waals surface area contributed by atoms with Crippen molar-refractivity contribution < 1.29 is 13.2 Å². The summed E-state index contributed by atoms with van der Waals surface area (Å²) in [7, 11) is 0. The van der Waals surface area contributed by atoms with Crippen molar-refractivity contribution in [2.45, 2.75) is 33.7 Å². The smallest absolute Gasteiger partial charge is 0.255 e. The lowest BCUT2D eigenvalue weighted by Gasteiger charge is -2.30. The molecule has 0 unspecified atom stereocenters. The van der Waals surface area contributed by atoms with Crippen LogP contribution in [0.5, 0.6) is 0 Å². The predicted molar refractivity (Wildman–Crippen MR) is 93.6 cm³/mol. The van der Waals surface area contributed by atoms with Gasteiger partial charge in [-0.05, 0) is 12.3 Å². The Kier molecular flexibility index (Phi) is 4.56. The topological polar surface area (TPSA) is 55.1 Å². The molecule has 0 aliphatic heterocycles. The Hall–Kier alpha value is -2.35. The lowest BCUT2D eigenvalue weighted by Crippen LogP contribution is -2.32. The molecule has 0 amide bonds. The third-order valence-corrected chi connectivity index (χ3v) is 4.57. The molecule has 3 aromatic rings. The summed E-state index contributed by atoms with van der Waals surface area (Å²) >= 11 is 6.22. The van der Waals surface area contributed by atoms with E-state index in [1.807, 2.05) is 27.7 Å². The maximum atomic E-state index is 14.4. The lowest BCUT2D eigenvalue weighted by atomic mass is 9.88. The lowest BCUT2D eigenvalue weighted by molar-refractivity contribution is 0.358. The molecule has 1 aromatic carbocycles. The number of halogens is 4. The van der Waals surface area contributed by atoms with Crippen LogP contribution in [0.4, 0.5) is 19.0 Å². The van der Waals surface area contributed by atoms with Crippen molar-refractivity contribution in [1.82, 2.24) is 19.6 Å². The summed E-state index contributed by atoms with van der Waals surface area (Å²) in [5.41, 5.74) is -0.708. The second-order valence-electron chi connectivity index (χ2n) is 7.07. The van der Waals surface area contributed by atoms with Gasteiger partial charge >= 0.3 is 0 Å². The first-order valence-electron chi connectivity index (χ1n) is 7.90. The van der Waals surface area contributed by atoms with Crippen molar-refractivity contribution in [2.24, 2.45) is 5.41 Å². The molecule has 0 aliphatic rings. The van der Waals surface area contributed by atoms with E-state index in [0.717, 1.165) is 0 Å². The van der Waals surface area contributed by atoms with E-state index >= 15 is 0 Å². The Morgan fingerprint density at radius 2 is 1.73 bits per heavy atom. The summed E-state index contributed by atoms with van der Waals surface area (Å²) in [4.78, 5) is 8.01. The van der Waals surface area contributed by atoms with Gasteiger partial charge in [-0.2, -0.15) is 19.6 Å². The van der Waals surface area contributed by atoms with E-state index in [2.05, 4.69) is 20.4 Å². The van der Waals surface area contributed by atoms with Gasteiger partial charge in [0.05, 0.1) is 11.1 Å². The maximum Gasteiger partial charge on any atom is 0.255 e. The third kappa shape index (κ3) is 3.21. The second-order valence-corrected chi connectivity index (χ2v) is 7.43. The average Bonchev–Trinajstić information content (AvgIpc) is 2.95. The zero-order chi connectivity index (χ0) is 19.2. The van der Waals surface area contributed by atoms with Gasteiger partial charge in [-0.25, -0.2) is 13.2 Å². The molecule has 2 aromatic heterocycles. The van der Waals surface area contributed by atoms with Crippen LogP contribution in [0, 0.1) is 22.9 Å². The largest absolute Gasteiger partial charge is 0.366 e. The van der Waals surface area contributed by atoms with Crippen LogP contribution < -0.4 is 5.32 Å². The van der Waals surface area contributed by atoms with Crippen LogP contribution in [-0.4, -0.2) is 25.6 Å². The number of rotatable bonds is 3. The molecule has 0 aliphatic carbocycles. The van der Waals surface area contributed by atoms with E-state index in [0.29, 0.717) is 12.1 Å². The highest BCUT2D eigenvalue weighted by Gasteiger charge is 2.27. The van der Waals surface area contributed by atoms with Crippen LogP contribution in [0.2, 0.25) is 5.15 Å². The fourth-order valence-electron chi connectivity index (χ4n) is 2.37. The fourth-order valence-corrected chi connectivity index (χ4v) is 2.63. The van der Waals surface area contributed by atoms with Gasteiger partial charge in [0.2, 0.25) is 0 Å². The van der Waals surface area contributed by atoms with E-state index in [1.165, 1.54) is 10.8 Å². The fraction of sp³-hybridized carbons (Fsp3) is 0.353. The number of nitrogens with zero attached hydrogens (tertiary/aromatic N) is 4. The maximum absolute atomic E-state index is 14.4. The number of hydrogen-bond donors (Lipinski definition) is 1. The Morgan fingerprint density at radius 1 is 1.12 bits per heavy atom. The summed E-state index contributed by atoms with van der Waals surface area (Å²) in [6, 6.07) is 1.06. The Balaban J connectivity index is 2.32. The van der Waals surface area contributed by atoms with E-state index < -0.39 is 23.0 Å². The van der Waals surface area contributed by atoms with Crippen molar-refractivity contribution in [3.05, 3.63) is 41.1 Å². The number of aromatic nitrogens is 4.